The van der Waals surface area contributed by atoms with Gasteiger partial charge in [-0.25, -0.2) is 4.79 Å². The normalized spacial score (nSPS) is 15.4. The fourth-order valence-corrected chi connectivity index (χ4v) is 21.4. The molecule has 7 nitrogen and oxygen atoms in total. The maximum Gasteiger partial charge on any atom is 0.348 e. The highest BCUT2D eigenvalue weighted by molar-refractivity contribution is 6.89. The minimum Gasteiger partial charge on any atom is -0.462 e. The highest BCUT2D eigenvalue weighted by Gasteiger charge is 2.44. The van der Waals surface area contributed by atoms with Crippen LogP contribution in [0.25, 0.3) is 0 Å². The van der Waals surface area contributed by atoms with Crippen molar-refractivity contribution >= 4 is 39.7 Å². The van der Waals surface area contributed by atoms with Crippen LogP contribution in [-0.4, -0.2) is 64.8 Å². The Bertz CT molecular complexity index is 708. The van der Waals surface area contributed by atoms with Crippen molar-refractivity contribution in [1.29, 1.82) is 5.26 Å². The summed E-state index contributed by atoms with van der Waals surface area (Å²) >= 11 is 0. The SMILES string of the molecule is CCOC(=O)/C(C#N)=C\C=C\N(C)CCC[Si](C)(O[Si](C)(C)C)O[Si](C)(C)O[Si](C)(C)C. The second-order valence-electron chi connectivity index (χ2n) is 10.4. The molecule has 0 N–H and O–H groups in total. The average molecular weight is 517 g/mol. The molecule has 1 atom stereocenters. The molecule has 0 amide bonds. The van der Waals surface area contributed by atoms with E-state index < -0.39 is 39.7 Å². The molecule has 0 aliphatic rings. The molecule has 0 heterocycles. The summed E-state index contributed by atoms with van der Waals surface area (Å²) in [6.07, 6.45) is 5.94. The van der Waals surface area contributed by atoms with Crippen LogP contribution in [0.2, 0.25) is 65.0 Å². The van der Waals surface area contributed by atoms with Crippen LogP contribution >= 0.6 is 0 Å². The Morgan fingerprint density at radius 1 is 0.969 bits per heavy atom. The van der Waals surface area contributed by atoms with Crippen LogP contribution in [0.3, 0.4) is 0 Å². The van der Waals surface area contributed by atoms with Crippen molar-refractivity contribution in [2.45, 2.75) is 78.3 Å². The predicted octanol–water partition coefficient (Wildman–Crippen LogP) is 5.33. The number of nitriles is 1. The first-order chi connectivity index (χ1) is 14.4. The Morgan fingerprint density at radius 3 is 2.00 bits per heavy atom. The van der Waals surface area contributed by atoms with E-state index in [2.05, 4.69) is 58.9 Å². The zero-order chi connectivity index (χ0) is 25.2. The topological polar surface area (TPSA) is 81.0 Å². The molecule has 0 aliphatic carbocycles. The molecule has 32 heavy (non-hydrogen) atoms. The minimum atomic E-state index is -2.41. The van der Waals surface area contributed by atoms with Gasteiger partial charge in [-0.3, -0.25) is 0 Å². The highest BCUT2D eigenvalue weighted by atomic mass is 28.5. The number of ether oxygens (including phenoxy) is 1. The maximum absolute atomic E-state index is 11.7. The third kappa shape index (κ3) is 14.9. The Kier molecular flexibility index (Phi) is 12.6. The van der Waals surface area contributed by atoms with E-state index in [1.807, 2.05) is 24.2 Å². The number of rotatable bonds is 14. The number of carbonyl (C=O) groups excluding carboxylic acids is 1. The van der Waals surface area contributed by atoms with Crippen molar-refractivity contribution in [3.05, 3.63) is 23.9 Å². The first kappa shape index (κ1) is 31.0. The van der Waals surface area contributed by atoms with Gasteiger partial charge >= 0.3 is 23.1 Å². The lowest BCUT2D eigenvalue weighted by atomic mass is 10.3. The van der Waals surface area contributed by atoms with Crippen molar-refractivity contribution in [1.82, 2.24) is 4.90 Å². The molecule has 0 aromatic rings. The molecule has 0 fully saturated rings. The van der Waals surface area contributed by atoms with Gasteiger partial charge < -0.3 is 22.0 Å². The van der Waals surface area contributed by atoms with E-state index >= 15 is 0 Å². The number of nitrogens with zero attached hydrogens (tertiary/aromatic N) is 2. The molecule has 1 unspecified atom stereocenters. The standard InChI is InChI=1S/C21H44N2O5Si4/c1-12-25-21(24)20(19-22)15-13-16-23(2)17-14-18-32(11,27-30(6,7)8)28-31(9,10)26-29(3,4)5/h13,15-16H,12,14,17-18H2,1-11H3/b16-13+,20-15-. The summed E-state index contributed by atoms with van der Waals surface area (Å²) in [5, 5.41) is 9.08. The lowest BCUT2D eigenvalue weighted by Gasteiger charge is -2.41. The van der Waals surface area contributed by atoms with Crippen LogP contribution < -0.4 is 0 Å². The number of allylic oxidation sites excluding steroid dienone is 2. The molecule has 0 spiro atoms. The largest absolute Gasteiger partial charge is 0.462 e. The lowest BCUT2D eigenvalue weighted by Crippen LogP contribution is -2.56. The van der Waals surface area contributed by atoms with Gasteiger partial charge in [0.2, 0.25) is 0 Å². The summed E-state index contributed by atoms with van der Waals surface area (Å²) in [7, 11) is -6.23. The van der Waals surface area contributed by atoms with Crippen molar-refractivity contribution in [2.24, 2.45) is 0 Å². The zero-order valence-corrected chi connectivity index (χ0v) is 26.0. The third-order valence-electron chi connectivity index (χ3n) is 3.90. The van der Waals surface area contributed by atoms with E-state index in [4.69, 9.17) is 22.3 Å². The molecule has 184 valence electrons. The summed E-state index contributed by atoms with van der Waals surface area (Å²) in [5.41, 5.74) is -0.0111. The predicted molar refractivity (Wildman–Crippen MR) is 141 cm³/mol. The zero-order valence-electron chi connectivity index (χ0n) is 22.0. The van der Waals surface area contributed by atoms with Crippen LogP contribution in [0.4, 0.5) is 0 Å². The monoisotopic (exact) mass is 516 g/mol. The van der Waals surface area contributed by atoms with Crippen LogP contribution in [-0.2, 0) is 21.9 Å². The first-order valence-corrected chi connectivity index (χ1v) is 23.3. The van der Waals surface area contributed by atoms with E-state index in [9.17, 15) is 4.79 Å². The van der Waals surface area contributed by atoms with E-state index in [1.54, 1.807) is 13.0 Å². The molecule has 0 saturated heterocycles. The summed E-state index contributed by atoms with van der Waals surface area (Å²) in [4.78, 5) is 13.7. The van der Waals surface area contributed by atoms with E-state index in [0.29, 0.717) is 0 Å². The van der Waals surface area contributed by atoms with Gasteiger partial charge in [-0.15, -0.1) is 0 Å². The summed E-state index contributed by atoms with van der Waals surface area (Å²) in [6.45, 7) is 22.4. The van der Waals surface area contributed by atoms with Crippen LogP contribution in [0, 0.1) is 11.3 Å². The quantitative estimate of drug-likeness (QED) is 0.101. The molecule has 0 rings (SSSR count). The molecule has 0 bridgehead atoms. The van der Waals surface area contributed by atoms with Crippen LogP contribution in [0.5, 0.6) is 0 Å². The Morgan fingerprint density at radius 2 is 1.53 bits per heavy atom. The third-order valence-corrected chi connectivity index (χ3v) is 17.4. The number of esters is 1. The molecule has 11 heteroatoms. The van der Waals surface area contributed by atoms with E-state index in [-0.39, 0.29) is 12.2 Å². The lowest BCUT2D eigenvalue weighted by molar-refractivity contribution is -0.138. The van der Waals surface area contributed by atoms with Crippen molar-refractivity contribution in [2.75, 3.05) is 20.2 Å². The van der Waals surface area contributed by atoms with Gasteiger partial charge in [0, 0.05) is 13.6 Å². The molecule has 0 aromatic carbocycles. The average Bonchev–Trinajstić information content (AvgIpc) is 2.53. The number of hydrogen-bond donors (Lipinski definition) is 0. The fourth-order valence-electron chi connectivity index (χ4n) is 3.42. The summed E-state index contributed by atoms with van der Waals surface area (Å²) < 4.78 is 24.6. The Labute approximate surface area is 200 Å². The summed E-state index contributed by atoms with van der Waals surface area (Å²) in [6, 6.07) is 2.75. The molecule has 0 aromatic heterocycles. The minimum absolute atomic E-state index is 0.0111. The van der Waals surface area contributed by atoms with Gasteiger partial charge in [-0.05, 0) is 96.7 Å². The van der Waals surface area contributed by atoms with Gasteiger partial charge in [-0.1, -0.05) is 0 Å². The molecule has 0 aliphatic heterocycles. The Hall–Kier alpha value is -1.01. The number of hydrogen-bond acceptors (Lipinski definition) is 7. The van der Waals surface area contributed by atoms with Crippen molar-refractivity contribution < 1.29 is 21.9 Å². The van der Waals surface area contributed by atoms with Gasteiger partial charge in [-0.2, -0.15) is 5.26 Å². The summed E-state index contributed by atoms with van der Waals surface area (Å²) in [5.74, 6) is -0.600. The van der Waals surface area contributed by atoms with Gasteiger partial charge in [0.25, 0.3) is 0 Å². The Balaban J connectivity index is 5.09. The smallest absolute Gasteiger partial charge is 0.348 e. The highest BCUT2D eigenvalue weighted by Crippen LogP contribution is 2.27. The number of carbonyl (C=O) groups is 1. The molecule has 0 radical (unpaired) electrons. The maximum atomic E-state index is 11.7. The molecule has 0 saturated carbocycles. The fraction of sp³-hybridized carbons (Fsp3) is 0.714. The van der Waals surface area contributed by atoms with E-state index in [1.165, 1.54) is 6.08 Å². The van der Waals surface area contributed by atoms with Gasteiger partial charge in [0.05, 0.1) is 6.61 Å². The first-order valence-electron chi connectivity index (χ1n) is 11.2. The van der Waals surface area contributed by atoms with E-state index in [0.717, 1.165) is 19.0 Å². The second kappa shape index (κ2) is 13.0. The second-order valence-corrected chi connectivity index (χ2v) is 26.9. The van der Waals surface area contributed by atoms with Crippen molar-refractivity contribution in [3.63, 3.8) is 0 Å². The van der Waals surface area contributed by atoms with Gasteiger partial charge in [0.15, 0.2) is 16.6 Å². The van der Waals surface area contributed by atoms with Crippen LogP contribution in [0.1, 0.15) is 13.3 Å². The molecular formula is C21H44N2O5Si4. The molecular weight excluding hydrogens is 473 g/mol. The van der Waals surface area contributed by atoms with Gasteiger partial charge in [0.1, 0.15) is 11.6 Å². The van der Waals surface area contributed by atoms with Crippen LogP contribution in [0.15, 0.2) is 23.9 Å². The van der Waals surface area contributed by atoms with Crippen molar-refractivity contribution in [3.8, 4) is 6.07 Å².